The number of imide groups is 1. The average molecular weight is 347 g/mol. The van der Waals surface area contributed by atoms with Crippen LogP contribution in [0.4, 0.5) is 0 Å². The third-order valence-electron chi connectivity index (χ3n) is 4.20. The highest BCUT2D eigenvalue weighted by Gasteiger charge is 2.40. The van der Waals surface area contributed by atoms with Gasteiger partial charge in [-0.2, -0.15) is 0 Å². The standard InChI is InChI=1S/C18H21NO4S/c1-3-24-16-15(12-6-8-13(22-2)9-7-12)17(20)19(18(16)21)11-14-5-4-10-23-14/h6-9,14H,3-5,10-11H2,1-2H3. The molecule has 6 heteroatoms. The summed E-state index contributed by atoms with van der Waals surface area (Å²) in [6, 6.07) is 7.25. The molecule has 0 N–H and O–H groups in total. The van der Waals surface area contributed by atoms with Gasteiger partial charge >= 0.3 is 0 Å². The number of ether oxygens (including phenoxy) is 2. The molecule has 0 aromatic heterocycles. The lowest BCUT2D eigenvalue weighted by atomic mass is 10.1. The van der Waals surface area contributed by atoms with Crippen LogP contribution in [0.15, 0.2) is 29.2 Å². The van der Waals surface area contributed by atoms with Crippen LogP contribution in [0.3, 0.4) is 0 Å². The largest absolute Gasteiger partial charge is 0.497 e. The van der Waals surface area contributed by atoms with Gasteiger partial charge in [-0.05, 0) is 36.3 Å². The molecule has 5 nitrogen and oxygen atoms in total. The van der Waals surface area contributed by atoms with Crippen LogP contribution < -0.4 is 4.74 Å². The van der Waals surface area contributed by atoms with E-state index in [9.17, 15) is 9.59 Å². The normalized spacial score (nSPS) is 21.1. The van der Waals surface area contributed by atoms with Crippen molar-refractivity contribution >= 4 is 29.1 Å². The van der Waals surface area contributed by atoms with Gasteiger partial charge in [0, 0.05) is 6.61 Å². The van der Waals surface area contributed by atoms with Gasteiger partial charge in [-0.15, -0.1) is 11.8 Å². The Bertz CT molecular complexity index is 662. The second-order valence-electron chi connectivity index (χ2n) is 5.72. The van der Waals surface area contributed by atoms with Gasteiger partial charge in [0.25, 0.3) is 11.8 Å². The summed E-state index contributed by atoms with van der Waals surface area (Å²) in [4.78, 5) is 27.5. The summed E-state index contributed by atoms with van der Waals surface area (Å²) in [6.45, 7) is 3.02. The first kappa shape index (κ1) is 17.0. The quantitative estimate of drug-likeness (QED) is 0.741. The van der Waals surface area contributed by atoms with Gasteiger partial charge in [-0.1, -0.05) is 19.1 Å². The van der Waals surface area contributed by atoms with Crippen molar-refractivity contribution in [2.45, 2.75) is 25.9 Å². The SMILES string of the molecule is CCSC1=C(c2ccc(OC)cc2)C(=O)N(CC2CCCO2)C1=O. The van der Waals surface area contributed by atoms with E-state index in [0.29, 0.717) is 23.6 Å². The topological polar surface area (TPSA) is 55.8 Å². The number of benzene rings is 1. The fourth-order valence-electron chi connectivity index (χ4n) is 3.00. The van der Waals surface area contributed by atoms with E-state index >= 15 is 0 Å². The maximum Gasteiger partial charge on any atom is 0.268 e. The van der Waals surface area contributed by atoms with E-state index in [1.807, 2.05) is 19.1 Å². The van der Waals surface area contributed by atoms with Crippen molar-refractivity contribution in [1.82, 2.24) is 4.90 Å². The Kier molecular flexibility index (Phi) is 5.26. The molecule has 1 aromatic rings. The average Bonchev–Trinajstić information content (AvgIpc) is 3.19. The van der Waals surface area contributed by atoms with Crippen molar-refractivity contribution in [3.05, 3.63) is 34.7 Å². The molecular formula is C18H21NO4S. The zero-order chi connectivity index (χ0) is 17.1. The van der Waals surface area contributed by atoms with E-state index in [4.69, 9.17) is 9.47 Å². The predicted octanol–water partition coefficient (Wildman–Crippen LogP) is 2.71. The zero-order valence-corrected chi connectivity index (χ0v) is 14.7. The number of hydrogen-bond donors (Lipinski definition) is 0. The molecular weight excluding hydrogens is 326 g/mol. The van der Waals surface area contributed by atoms with Crippen LogP contribution in [-0.4, -0.2) is 48.8 Å². The first-order valence-corrected chi connectivity index (χ1v) is 9.13. The first-order valence-electron chi connectivity index (χ1n) is 8.15. The van der Waals surface area contributed by atoms with E-state index in [2.05, 4.69) is 0 Å². The number of methoxy groups -OCH3 is 1. The van der Waals surface area contributed by atoms with Crippen LogP contribution in [-0.2, 0) is 14.3 Å². The molecule has 1 fully saturated rings. The van der Waals surface area contributed by atoms with Crippen LogP contribution in [0.1, 0.15) is 25.3 Å². The summed E-state index contributed by atoms with van der Waals surface area (Å²) in [6.07, 6.45) is 1.84. The molecule has 2 aliphatic heterocycles. The van der Waals surface area contributed by atoms with Gasteiger partial charge in [-0.25, -0.2) is 0 Å². The molecule has 24 heavy (non-hydrogen) atoms. The summed E-state index contributed by atoms with van der Waals surface area (Å²) in [5.41, 5.74) is 1.24. The Balaban J connectivity index is 1.90. The number of nitrogens with zero attached hydrogens (tertiary/aromatic N) is 1. The summed E-state index contributed by atoms with van der Waals surface area (Å²) >= 11 is 1.42. The molecule has 3 rings (SSSR count). The van der Waals surface area contributed by atoms with E-state index in [0.717, 1.165) is 29.9 Å². The Morgan fingerprint density at radius 1 is 1.25 bits per heavy atom. The number of carbonyl (C=O) groups excluding carboxylic acids is 2. The maximum absolute atomic E-state index is 12.9. The van der Waals surface area contributed by atoms with E-state index in [1.54, 1.807) is 19.2 Å². The molecule has 0 saturated carbocycles. The zero-order valence-electron chi connectivity index (χ0n) is 13.9. The summed E-state index contributed by atoms with van der Waals surface area (Å²) < 4.78 is 10.8. The van der Waals surface area contributed by atoms with Crippen LogP contribution >= 0.6 is 11.8 Å². The second kappa shape index (κ2) is 7.40. The second-order valence-corrected chi connectivity index (χ2v) is 7.00. The van der Waals surface area contributed by atoms with Crippen LogP contribution in [0.25, 0.3) is 5.57 Å². The van der Waals surface area contributed by atoms with Gasteiger partial charge in [0.05, 0.1) is 30.2 Å². The highest BCUT2D eigenvalue weighted by molar-refractivity contribution is 8.04. The maximum atomic E-state index is 12.9. The van der Waals surface area contributed by atoms with Gasteiger partial charge in [0.15, 0.2) is 0 Å². The van der Waals surface area contributed by atoms with Crippen LogP contribution in [0.5, 0.6) is 5.75 Å². The van der Waals surface area contributed by atoms with Crippen molar-refractivity contribution in [2.75, 3.05) is 26.0 Å². The summed E-state index contributed by atoms with van der Waals surface area (Å²) in [5, 5.41) is 0. The molecule has 2 heterocycles. The fraction of sp³-hybridized carbons (Fsp3) is 0.444. The summed E-state index contributed by atoms with van der Waals surface area (Å²) in [7, 11) is 1.60. The van der Waals surface area contributed by atoms with Gasteiger partial charge in [0.1, 0.15) is 5.75 Å². The number of hydrogen-bond acceptors (Lipinski definition) is 5. The van der Waals surface area contributed by atoms with Crippen molar-refractivity contribution in [3.8, 4) is 5.75 Å². The lowest BCUT2D eigenvalue weighted by Crippen LogP contribution is -2.37. The monoisotopic (exact) mass is 347 g/mol. The molecule has 1 saturated heterocycles. The van der Waals surface area contributed by atoms with Gasteiger partial charge < -0.3 is 9.47 Å². The summed E-state index contributed by atoms with van der Waals surface area (Å²) in [5.74, 6) is 1.03. The van der Waals surface area contributed by atoms with Gasteiger partial charge in [-0.3, -0.25) is 14.5 Å². The van der Waals surface area contributed by atoms with E-state index in [1.165, 1.54) is 16.7 Å². The van der Waals surface area contributed by atoms with Crippen molar-refractivity contribution in [1.29, 1.82) is 0 Å². The Morgan fingerprint density at radius 2 is 2.00 bits per heavy atom. The third-order valence-corrected chi connectivity index (χ3v) is 5.16. The Labute approximate surface area is 146 Å². The van der Waals surface area contributed by atoms with E-state index in [-0.39, 0.29) is 17.9 Å². The molecule has 1 aromatic carbocycles. The molecule has 0 bridgehead atoms. The highest BCUT2D eigenvalue weighted by atomic mass is 32.2. The molecule has 2 amide bonds. The molecule has 2 aliphatic rings. The van der Waals surface area contributed by atoms with E-state index < -0.39 is 0 Å². The minimum atomic E-state index is -0.225. The third kappa shape index (κ3) is 3.21. The van der Waals surface area contributed by atoms with Crippen LogP contribution in [0.2, 0.25) is 0 Å². The Hall–Kier alpha value is -1.79. The van der Waals surface area contributed by atoms with Crippen molar-refractivity contribution < 1.29 is 19.1 Å². The van der Waals surface area contributed by atoms with Crippen molar-refractivity contribution in [3.63, 3.8) is 0 Å². The lowest BCUT2D eigenvalue weighted by Gasteiger charge is -2.19. The van der Waals surface area contributed by atoms with Gasteiger partial charge in [0.2, 0.25) is 0 Å². The molecule has 0 radical (unpaired) electrons. The number of amides is 2. The number of thioether (sulfide) groups is 1. The Morgan fingerprint density at radius 3 is 2.58 bits per heavy atom. The molecule has 128 valence electrons. The molecule has 0 aliphatic carbocycles. The predicted molar refractivity (Wildman–Crippen MR) is 93.7 cm³/mol. The lowest BCUT2D eigenvalue weighted by molar-refractivity contribution is -0.138. The smallest absolute Gasteiger partial charge is 0.268 e. The first-order chi connectivity index (χ1) is 11.7. The molecule has 0 spiro atoms. The molecule has 1 unspecified atom stereocenters. The minimum Gasteiger partial charge on any atom is -0.497 e. The number of carbonyl (C=O) groups is 2. The highest BCUT2D eigenvalue weighted by Crippen LogP contribution is 2.37. The minimum absolute atomic E-state index is 0.0407. The molecule has 1 atom stereocenters. The fourth-order valence-corrected chi connectivity index (χ4v) is 3.87. The van der Waals surface area contributed by atoms with Crippen LogP contribution in [0, 0.1) is 0 Å². The van der Waals surface area contributed by atoms with Crippen molar-refractivity contribution in [2.24, 2.45) is 0 Å². The number of rotatable bonds is 6.